The maximum Gasteiger partial charge on any atom is 0.221 e. The Morgan fingerprint density at radius 1 is 1.04 bits per heavy atom. The molecule has 0 aliphatic carbocycles. The second-order valence-electron chi connectivity index (χ2n) is 5.65. The average molecular weight is 379 g/mol. The molecule has 1 amide bonds. The Labute approximate surface area is 157 Å². The number of rotatable bonds is 8. The summed E-state index contributed by atoms with van der Waals surface area (Å²) in [5.74, 6) is -0.0254. The maximum absolute atomic E-state index is 11.9. The summed E-state index contributed by atoms with van der Waals surface area (Å²) in [7, 11) is 0. The Morgan fingerprint density at radius 3 is 2.56 bits per heavy atom. The number of nitrogens with one attached hydrogen (secondary N) is 2. The van der Waals surface area contributed by atoms with Gasteiger partial charge in [-0.05, 0) is 43.2 Å². The summed E-state index contributed by atoms with van der Waals surface area (Å²) in [6.07, 6.45) is 0.995. The Kier molecular flexibility index (Phi) is 7.29. The van der Waals surface area contributed by atoms with Gasteiger partial charge >= 0.3 is 0 Å². The van der Waals surface area contributed by atoms with Crippen LogP contribution in [0.25, 0.3) is 0 Å². The highest BCUT2D eigenvalue weighted by atomic mass is 35.5. The molecule has 0 heterocycles. The van der Waals surface area contributed by atoms with Gasteiger partial charge in [-0.2, -0.15) is 0 Å². The van der Waals surface area contributed by atoms with Crippen LogP contribution >= 0.6 is 23.2 Å². The molecule has 2 rings (SSSR count). The summed E-state index contributed by atoms with van der Waals surface area (Å²) < 4.78 is 0. The molecule has 6 heteroatoms. The predicted octanol–water partition coefficient (Wildman–Crippen LogP) is 4.36. The summed E-state index contributed by atoms with van der Waals surface area (Å²) in [5.41, 5.74) is 2.42. The standard InChI is InChI=1S/C19H20Cl2N2O2/c1-13(24)15-3-2-4-17(11-15)22-10-8-19(25)23-9-7-14-5-6-16(20)12-18(14)21/h2-6,11-12,22H,7-10H2,1H3,(H,23,25). The van der Waals surface area contributed by atoms with Crippen molar-refractivity contribution in [1.29, 1.82) is 0 Å². The molecule has 0 atom stereocenters. The van der Waals surface area contributed by atoms with Gasteiger partial charge in [-0.25, -0.2) is 0 Å². The van der Waals surface area contributed by atoms with Gasteiger partial charge in [0.25, 0.3) is 0 Å². The number of anilines is 1. The lowest BCUT2D eigenvalue weighted by molar-refractivity contribution is -0.120. The molecule has 0 radical (unpaired) electrons. The summed E-state index contributed by atoms with van der Waals surface area (Å²) >= 11 is 12.0. The van der Waals surface area contributed by atoms with Crippen LogP contribution in [-0.4, -0.2) is 24.8 Å². The predicted molar refractivity (Wildman–Crippen MR) is 103 cm³/mol. The van der Waals surface area contributed by atoms with Crippen molar-refractivity contribution in [3.8, 4) is 0 Å². The number of benzene rings is 2. The van der Waals surface area contributed by atoms with Crippen molar-refractivity contribution >= 4 is 40.6 Å². The van der Waals surface area contributed by atoms with Gasteiger partial charge in [0, 0.05) is 40.8 Å². The molecule has 4 nitrogen and oxygen atoms in total. The summed E-state index contributed by atoms with van der Waals surface area (Å²) in [5, 5.41) is 7.21. The van der Waals surface area contributed by atoms with E-state index >= 15 is 0 Å². The fourth-order valence-electron chi connectivity index (χ4n) is 2.32. The minimum absolute atomic E-state index is 0.0160. The van der Waals surface area contributed by atoms with Crippen molar-refractivity contribution in [3.63, 3.8) is 0 Å². The van der Waals surface area contributed by atoms with Crippen LogP contribution < -0.4 is 10.6 Å². The molecule has 0 aliphatic heterocycles. The molecule has 0 unspecified atom stereocenters. The van der Waals surface area contributed by atoms with E-state index in [0.717, 1.165) is 11.3 Å². The molecule has 2 aromatic carbocycles. The van der Waals surface area contributed by atoms with E-state index in [2.05, 4.69) is 10.6 Å². The van der Waals surface area contributed by atoms with Crippen LogP contribution in [0.4, 0.5) is 5.69 Å². The molecule has 0 bridgehead atoms. The second-order valence-corrected chi connectivity index (χ2v) is 6.49. The highest BCUT2D eigenvalue weighted by molar-refractivity contribution is 6.35. The Hall–Kier alpha value is -2.04. The topological polar surface area (TPSA) is 58.2 Å². The second kappa shape index (κ2) is 9.44. The minimum Gasteiger partial charge on any atom is -0.385 e. The number of Topliss-reactive ketones (excluding diaryl/α,β-unsaturated/α-hetero) is 1. The molecule has 25 heavy (non-hydrogen) atoms. The third kappa shape index (κ3) is 6.40. The number of amides is 1. The monoisotopic (exact) mass is 378 g/mol. The van der Waals surface area contributed by atoms with Crippen molar-refractivity contribution in [3.05, 3.63) is 63.6 Å². The average Bonchev–Trinajstić information content (AvgIpc) is 2.57. The molecule has 0 saturated heterocycles. The van der Waals surface area contributed by atoms with Crippen molar-refractivity contribution < 1.29 is 9.59 Å². The number of hydrogen-bond donors (Lipinski definition) is 2. The number of hydrogen-bond acceptors (Lipinski definition) is 3. The molecular weight excluding hydrogens is 359 g/mol. The molecule has 0 fully saturated rings. The highest BCUT2D eigenvalue weighted by Crippen LogP contribution is 2.21. The van der Waals surface area contributed by atoms with Gasteiger partial charge in [0.05, 0.1) is 0 Å². The minimum atomic E-state index is -0.0414. The van der Waals surface area contributed by atoms with Gasteiger partial charge in [0.15, 0.2) is 5.78 Å². The van der Waals surface area contributed by atoms with Gasteiger partial charge < -0.3 is 10.6 Å². The first-order chi connectivity index (χ1) is 12.0. The zero-order chi connectivity index (χ0) is 18.2. The lowest BCUT2D eigenvalue weighted by Crippen LogP contribution is -2.27. The van der Waals surface area contributed by atoms with Gasteiger partial charge in [0.1, 0.15) is 0 Å². The van der Waals surface area contributed by atoms with Crippen LogP contribution in [0.1, 0.15) is 29.3 Å². The lowest BCUT2D eigenvalue weighted by Gasteiger charge is -2.09. The largest absolute Gasteiger partial charge is 0.385 e. The van der Waals surface area contributed by atoms with E-state index in [-0.39, 0.29) is 11.7 Å². The quantitative estimate of drug-likeness (QED) is 0.671. The molecule has 2 N–H and O–H groups in total. The third-order valence-electron chi connectivity index (χ3n) is 3.68. The summed E-state index contributed by atoms with van der Waals surface area (Å²) in [6, 6.07) is 12.6. The molecule has 2 aromatic rings. The van der Waals surface area contributed by atoms with Gasteiger partial charge in [-0.3, -0.25) is 9.59 Å². The van der Waals surface area contributed by atoms with Gasteiger partial charge in [-0.1, -0.05) is 41.4 Å². The normalized spacial score (nSPS) is 10.4. The van der Waals surface area contributed by atoms with Crippen LogP contribution in [0.15, 0.2) is 42.5 Å². The van der Waals surface area contributed by atoms with E-state index in [4.69, 9.17) is 23.2 Å². The van der Waals surface area contributed by atoms with Crippen LogP contribution in [0.2, 0.25) is 10.0 Å². The fourth-order valence-corrected chi connectivity index (χ4v) is 2.82. The van der Waals surface area contributed by atoms with E-state index in [1.54, 1.807) is 24.3 Å². The number of carbonyl (C=O) groups is 2. The first kappa shape index (κ1) is 19.3. The maximum atomic E-state index is 11.9. The van der Waals surface area contributed by atoms with E-state index in [1.807, 2.05) is 18.2 Å². The smallest absolute Gasteiger partial charge is 0.221 e. The molecule has 0 aromatic heterocycles. The van der Waals surface area contributed by atoms with E-state index < -0.39 is 0 Å². The van der Waals surface area contributed by atoms with E-state index in [9.17, 15) is 9.59 Å². The first-order valence-electron chi connectivity index (χ1n) is 8.01. The Bertz CT molecular complexity index is 763. The van der Waals surface area contributed by atoms with Gasteiger partial charge in [-0.15, -0.1) is 0 Å². The molecule has 0 spiro atoms. The van der Waals surface area contributed by atoms with Crippen molar-refractivity contribution in [1.82, 2.24) is 5.32 Å². The van der Waals surface area contributed by atoms with E-state index in [0.29, 0.717) is 41.5 Å². The zero-order valence-electron chi connectivity index (χ0n) is 13.9. The Balaban J connectivity index is 1.70. The first-order valence-corrected chi connectivity index (χ1v) is 8.77. The number of ketones is 1. The van der Waals surface area contributed by atoms with Crippen LogP contribution in [0.5, 0.6) is 0 Å². The van der Waals surface area contributed by atoms with Gasteiger partial charge in [0.2, 0.25) is 5.91 Å². The molecule has 0 saturated carbocycles. The lowest BCUT2D eigenvalue weighted by atomic mass is 10.1. The SMILES string of the molecule is CC(=O)c1cccc(NCCC(=O)NCCc2ccc(Cl)cc2Cl)c1. The fraction of sp³-hybridized carbons (Fsp3) is 0.263. The number of halogens is 2. The number of carbonyl (C=O) groups excluding carboxylic acids is 2. The molecule has 132 valence electrons. The molecule has 0 aliphatic rings. The Morgan fingerprint density at radius 2 is 1.84 bits per heavy atom. The van der Waals surface area contributed by atoms with Crippen LogP contribution in [0, 0.1) is 0 Å². The van der Waals surface area contributed by atoms with E-state index in [1.165, 1.54) is 6.92 Å². The third-order valence-corrected chi connectivity index (χ3v) is 4.27. The summed E-state index contributed by atoms with van der Waals surface area (Å²) in [4.78, 5) is 23.2. The molecular formula is C19H20Cl2N2O2. The summed E-state index contributed by atoms with van der Waals surface area (Å²) in [6.45, 7) is 2.54. The van der Waals surface area contributed by atoms with Crippen LogP contribution in [-0.2, 0) is 11.2 Å². The van der Waals surface area contributed by atoms with Crippen LogP contribution in [0.3, 0.4) is 0 Å². The van der Waals surface area contributed by atoms with Crippen molar-refractivity contribution in [2.75, 3.05) is 18.4 Å². The zero-order valence-corrected chi connectivity index (χ0v) is 15.5. The van der Waals surface area contributed by atoms with Crippen molar-refractivity contribution in [2.45, 2.75) is 19.8 Å². The highest BCUT2D eigenvalue weighted by Gasteiger charge is 2.05. The van der Waals surface area contributed by atoms with Crippen molar-refractivity contribution in [2.24, 2.45) is 0 Å².